The van der Waals surface area contributed by atoms with Gasteiger partial charge in [0.05, 0.1) is 17.5 Å². The zero-order valence-electron chi connectivity index (χ0n) is 12.5. The van der Waals surface area contributed by atoms with E-state index in [1.165, 1.54) is 18.6 Å². The fraction of sp³-hybridized carbons (Fsp3) is 0.294. The van der Waals surface area contributed by atoms with Crippen LogP contribution in [-0.2, 0) is 0 Å². The number of carbonyl (C=O) groups is 1. The van der Waals surface area contributed by atoms with E-state index in [-0.39, 0.29) is 17.5 Å². The molecule has 1 aliphatic heterocycles. The maximum atomic E-state index is 13.6. The number of nitrogens with zero attached hydrogens (tertiary/aromatic N) is 2. The Balaban J connectivity index is 1.61. The normalized spacial score (nSPS) is 15.2. The number of nitrogens with one attached hydrogen (secondary N) is 1. The van der Waals surface area contributed by atoms with Crippen LogP contribution in [0.4, 0.5) is 10.1 Å². The summed E-state index contributed by atoms with van der Waals surface area (Å²) in [5.41, 5.74) is 1.09. The molecular weight excluding hydrogens is 297 g/mol. The van der Waals surface area contributed by atoms with Gasteiger partial charge in [-0.3, -0.25) is 4.79 Å². The number of anilines is 1. The lowest BCUT2D eigenvalue weighted by Gasteiger charge is -2.32. The molecule has 23 heavy (non-hydrogen) atoms. The molecule has 1 N–H and O–H groups in total. The molecule has 118 valence electrons. The second kappa shape index (κ2) is 6.53. The van der Waals surface area contributed by atoms with Gasteiger partial charge in [0, 0.05) is 19.1 Å². The quantitative estimate of drug-likeness (QED) is 0.945. The SMILES string of the molecule is N#Cc1c(F)cccc1NC1CCN(C(=O)c2ccoc2)CC1. The lowest BCUT2D eigenvalue weighted by molar-refractivity contribution is 0.0718. The molecule has 0 spiro atoms. The van der Waals surface area contributed by atoms with Crippen molar-refractivity contribution in [3.05, 3.63) is 53.7 Å². The first kappa shape index (κ1) is 15.1. The predicted molar refractivity (Wildman–Crippen MR) is 82.4 cm³/mol. The molecule has 6 heteroatoms. The highest BCUT2D eigenvalue weighted by atomic mass is 19.1. The summed E-state index contributed by atoms with van der Waals surface area (Å²) in [5.74, 6) is -0.564. The number of likely N-dealkylation sites (tertiary alicyclic amines) is 1. The van der Waals surface area contributed by atoms with Crippen molar-refractivity contribution in [3.8, 4) is 6.07 Å². The average molecular weight is 313 g/mol. The zero-order chi connectivity index (χ0) is 16.2. The van der Waals surface area contributed by atoms with Gasteiger partial charge in [0.1, 0.15) is 23.7 Å². The van der Waals surface area contributed by atoms with Crippen LogP contribution in [-0.4, -0.2) is 29.9 Å². The standard InChI is InChI=1S/C17H16FN3O2/c18-15-2-1-3-16(14(15)10-19)20-13-4-7-21(8-5-13)17(22)12-6-9-23-11-12/h1-3,6,9,11,13,20H,4-5,7-8H2. The number of nitriles is 1. The summed E-state index contributed by atoms with van der Waals surface area (Å²) in [6.45, 7) is 1.22. The van der Waals surface area contributed by atoms with Crippen molar-refractivity contribution >= 4 is 11.6 Å². The first-order valence-electron chi connectivity index (χ1n) is 7.45. The van der Waals surface area contributed by atoms with E-state index in [0.29, 0.717) is 24.3 Å². The van der Waals surface area contributed by atoms with Crippen molar-refractivity contribution < 1.29 is 13.6 Å². The van der Waals surface area contributed by atoms with Crippen LogP contribution in [0.5, 0.6) is 0 Å². The molecule has 1 aromatic heterocycles. The Hall–Kier alpha value is -2.81. The fourth-order valence-corrected chi connectivity index (χ4v) is 2.77. The maximum Gasteiger partial charge on any atom is 0.257 e. The lowest BCUT2D eigenvalue weighted by atomic mass is 10.0. The molecule has 0 saturated carbocycles. The first-order valence-corrected chi connectivity index (χ1v) is 7.45. The molecule has 2 heterocycles. The van der Waals surface area contributed by atoms with E-state index >= 15 is 0 Å². The van der Waals surface area contributed by atoms with Crippen LogP contribution in [0, 0.1) is 17.1 Å². The van der Waals surface area contributed by atoms with Crippen molar-refractivity contribution in [1.29, 1.82) is 5.26 Å². The molecule has 1 aromatic carbocycles. The molecule has 1 fully saturated rings. The van der Waals surface area contributed by atoms with Gasteiger partial charge in [0.15, 0.2) is 0 Å². The van der Waals surface area contributed by atoms with E-state index < -0.39 is 5.82 Å². The molecule has 2 aromatic rings. The molecule has 5 nitrogen and oxygen atoms in total. The van der Waals surface area contributed by atoms with E-state index in [4.69, 9.17) is 9.68 Å². The van der Waals surface area contributed by atoms with Crippen LogP contribution in [0.15, 0.2) is 41.2 Å². The van der Waals surface area contributed by atoms with Crippen molar-refractivity contribution in [2.45, 2.75) is 18.9 Å². The van der Waals surface area contributed by atoms with Gasteiger partial charge in [-0.2, -0.15) is 5.26 Å². The number of amides is 1. The van der Waals surface area contributed by atoms with Gasteiger partial charge in [0.25, 0.3) is 5.91 Å². The molecule has 0 radical (unpaired) electrons. The summed E-state index contributed by atoms with van der Waals surface area (Å²) in [4.78, 5) is 14.0. The largest absolute Gasteiger partial charge is 0.472 e. The van der Waals surface area contributed by atoms with Gasteiger partial charge in [-0.05, 0) is 31.0 Å². The number of hydrogen-bond donors (Lipinski definition) is 1. The molecule has 1 aliphatic rings. The van der Waals surface area contributed by atoms with E-state index in [2.05, 4.69) is 5.32 Å². The van der Waals surface area contributed by atoms with Crippen LogP contribution < -0.4 is 5.32 Å². The summed E-state index contributed by atoms with van der Waals surface area (Å²) < 4.78 is 18.5. The third-order valence-electron chi connectivity index (χ3n) is 4.04. The number of furan rings is 1. The Kier molecular flexibility index (Phi) is 4.29. The summed E-state index contributed by atoms with van der Waals surface area (Å²) in [6.07, 6.45) is 4.41. The van der Waals surface area contributed by atoms with Gasteiger partial charge in [-0.25, -0.2) is 4.39 Å². The Morgan fingerprint density at radius 3 is 2.78 bits per heavy atom. The Labute approximate surface area is 133 Å². The van der Waals surface area contributed by atoms with Crippen LogP contribution >= 0.6 is 0 Å². The highest BCUT2D eigenvalue weighted by Crippen LogP contribution is 2.22. The van der Waals surface area contributed by atoms with Gasteiger partial charge < -0.3 is 14.6 Å². The molecule has 1 saturated heterocycles. The third-order valence-corrected chi connectivity index (χ3v) is 4.04. The van der Waals surface area contributed by atoms with Crippen molar-refractivity contribution in [2.75, 3.05) is 18.4 Å². The molecule has 0 unspecified atom stereocenters. The third kappa shape index (κ3) is 3.19. The number of piperidine rings is 1. The predicted octanol–water partition coefficient (Wildman–Crippen LogP) is 3.01. The van der Waals surface area contributed by atoms with Crippen LogP contribution in [0.3, 0.4) is 0 Å². The molecular formula is C17H16FN3O2. The summed E-state index contributed by atoms with van der Waals surface area (Å²) >= 11 is 0. The Bertz CT molecular complexity index is 729. The van der Waals surface area contributed by atoms with Gasteiger partial charge in [0.2, 0.25) is 0 Å². The lowest BCUT2D eigenvalue weighted by Crippen LogP contribution is -2.42. The zero-order valence-corrected chi connectivity index (χ0v) is 12.5. The van der Waals surface area contributed by atoms with E-state index in [1.54, 1.807) is 23.1 Å². The van der Waals surface area contributed by atoms with Crippen LogP contribution in [0.25, 0.3) is 0 Å². The second-order valence-corrected chi connectivity index (χ2v) is 5.50. The van der Waals surface area contributed by atoms with Crippen LogP contribution in [0.2, 0.25) is 0 Å². The van der Waals surface area contributed by atoms with Crippen molar-refractivity contribution in [3.63, 3.8) is 0 Å². The minimum atomic E-state index is -0.523. The fourth-order valence-electron chi connectivity index (χ4n) is 2.77. The monoisotopic (exact) mass is 313 g/mol. The highest BCUT2D eigenvalue weighted by Gasteiger charge is 2.24. The average Bonchev–Trinajstić information content (AvgIpc) is 3.10. The second-order valence-electron chi connectivity index (χ2n) is 5.50. The van der Waals surface area contributed by atoms with E-state index in [0.717, 1.165) is 12.8 Å². The van der Waals surface area contributed by atoms with E-state index in [1.807, 2.05) is 6.07 Å². The van der Waals surface area contributed by atoms with Gasteiger partial charge in [-0.15, -0.1) is 0 Å². The number of benzene rings is 1. The summed E-state index contributed by atoms with van der Waals surface area (Å²) in [5, 5.41) is 12.3. The van der Waals surface area contributed by atoms with Crippen LogP contribution in [0.1, 0.15) is 28.8 Å². The Morgan fingerprint density at radius 1 is 1.35 bits per heavy atom. The number of hydrogen-bond acceptors (Lipinski definition) is 4. The maximum absolute atomic E-state index is 13.6. The number of carbonyl (C=O) groups excluding carboxylic acids is 1. The topological polar surface area (TPSA) is 69.3 Å². The molecule has 0 atom stereocenters. The van der Waals surface area contributed by atoms with Crippen molar-refractivity contribution in [2.24, 2.45) is 0 Å². The number of rotatable bonds is 3. The smallest absolute Gasteiger partial charge is 0.257 e. The van der Waals surface area contributed by atoms with Gasteiger partial charge >= 0.3 is 0 Å². The van der Waals surface area contributed by atoms with Gasteiger partial charge in [-0.1, -0.05) is 6.07 Å². The van der Waals surface area contributed by atoms with E-state index in [9.17, 15) is 9.18 Å². The summed E-state index contributed by atoms with van der Waals surface area (Å²) in [7, 11) is 0. The van der Waals surface area contributed by atoms with Crippen molar-refractivity contribution in [1.82, 2.24) is 4.90 Å². The highest BCUT2D eigenvalue weighted by molar-refractivity contribution is 5.93. The summed E-state index contributed by atoms with van der Waals surface area (Å²) in [6, 6.07) is 8.20. The molecule has 1 amide bonds. The molecule has 0 bridgehead atoms. The molecule has 3 rings (SSSR count). The minimum absolute atomic E-state index is 0.0319. The Morgan fingerprint density at radius 2 is 2.13 bits per heavy atom. The number of halogens is 1. The minimum Gasteiger partial charge on any atom is -0.472 e. The molecule has 0 aliphatic carbocycles. The first-order chi connectivity index (χ1) is 11.2.